The Morgan fingerprint density at radius 1 is 1.47 bits per heavy atom. The van der Waals surface area contributed by atoms with Crippen molar-refractivity contribution < 1.29 is 5.11 Å². The van der Waals surface area contributed by atoms with Crippen LogP contribution in [0.5, 0.6) is 0 Å². The Labute approximate surface area is 102 Å². The number of nitrogens with two attached hydrogens (primary N) is 1. The third-order valence-corrected chi connectivity index (χ3v) is 3.39. The Morgan fingerprint density at radius 2 is 2.24 bits per heavy atom. The fourth-order valence-corrected chi connectivity index (χ4v) is 2.28. The zero-order chi connectivity index (χ0) is 12.3. The van der Waals surface area contributed by atoms with Crippen LogP contribution in [0.3, 0.4) is 0 Å². The lowest BCUT2D eigenvalue weighted by Gasteiger charge is -2.38. The molecular weight excluding hydrogens is 214 g/mol. The van der Waals surface area contributed by atoms with E-state index in [1.165, 1.54) is 19.3 Å². The Kier molecular flexibility index (Phi) is 3.97. The highest BCUT2D eigenvalue weighted by Crippen LogP contribution is 2.28. The summed E-state index contributed by atoms with van der Waals surface area (Å²) in [6.07, 6.45) is 3.68. The Bertz CT molecular complexity index is 377. The minimum absolute atomic E-state index is 0.171. The summed E-state index contributed by atoms with van der Waals surface area (Å²) in [7, 11) is 0. The quantitative estimate of drug-likeness (QED) is 0.805. The Balaban J connectivity index is 2.24. The molecule has 3 N–H and O–H groups in total. The minimum atomic E-state index is 0.171. The number of hydrogen-bond donors (Lipinski definition) is 2. The van der Waals surface area contributed by atoms with Gasteiger partial charge in [0.15, 0.2) is 0 Å². The van der Waals surface area contributed by atoms with E-state index >= 15 is 0 Å². The molecule has 1 fully saturated rings. The van der Waals surface area contributed by atoms with Crippen molar-refractivity contribution in [2.45, 2.75) is 38.8 Å². The number of rotatable bonds is 5. The number of aryl methyl sites for hydroxylation is 1. The van der Waals surface area contributed by atoms with Crippen LogP contribution in [0.1, 0.15) is 30.5 Å². The normalized spacial score (nSPS) is 15.7. The molecule has 1 saturated carbocycles. The summed E-state index contributed by atoms with van der Waals surface area (Å²) < 4.78 is 0. The molecule has 1 aromatic rings. The number of aliphatic hydroxyl groups excluding tert-OH is 1. The van der Waals surface area contributed by atoms with Gasteiger partial charge in [0.25, 0.3) is 0 Å². The molecule has 1 aliphatic carbocycles. The first-order chi connectivity index (χ1) is 8.24. The molecule has 1 aliphatic rings. The molecular formula is C13H21N3O. The van der Waals surface area contributed by atoms with Gasteiger partial charge in [-0.05, 0) is 43.9 Å². The average Bonchev–Trinajstić information content (AvgIpc) is 2.25. The molecule has 0 atom stereocenters. The van der Waals surface area contributed by atoms with Gasteiger partial charge in [0.2, 0.25) is 0 Å². The predicted octanol–water partition coefficient (Wildman–Crippen LogP) is 1.20. The van der Waals surface area contributed by atoms with Crippen LogP contribution in [0.2, 0.25) is 0 Å². The molecule has 0 aromatic carbocycles. The zero-order valence-electron chi connectivity index (χ0n) is 10.4. The van der Waals surface area contributed by atoms with Crippen LogP contribution in [-0.4, -0.2) is 29.3 Å². The molecule has 0 bridgehead atoms. The second-order valence-electron chi connectivity index (χ2n) is 4.68. The number of aliphatic hydroxyl groups is 1. The van der Waals surface area contributed by atoms with E-state index in [0.717, 1.165) is 17.1 Å². The average molecular weight is 235 g/mol. The molecule has 94 valence electrons. The van der Waals surface area contributed by atoms with Crippen molar-refractivity contribution in [3.8, 4) is 0 Å². The highest BCUT2D eigenvalue weighted by Gasteiger charge is 2.25. The number of aromatic nitrogens is 1. The second kappa shape index (κ2) is 5.47. The van der Waals surface area contributed by atoms with Crippen LogP contribution in [0.25, 0.3) is 0 Å². The maximum Gasteiger partial charge on any atom is 0.129 e. The van der Waals surface area contributed by atoms with E-state index in [-0.39, 0.29) is 6.61 Å². The summed E-state index contributed by atoms with van der Waals surface area (Å²) in [5.41, 5.74) is 7.79. The van der Waals surface area contributed by atoms with Crippen LogP contribution in [0.4, 0.5) is 5.82 Å². The van der Waals surface area contributed by atoms with Crippen molar-refractivity contribution in [1.29, 1.82) is 0 Å². The van der Waals surface area contributed by atoms with E-state index < -0.39 is 0 Å². The molecule has 0 aliphatic heterocycles. The lowest BCUT2D eigenvalue weighted by molar-refractivity contribution is 0.283. The lowest BCUT2D eigenvalue weighted by Crippen LogP contribution is -2.42. The lowest BCUT2D eigenvalue weighted by atomic mass is 9.91. The summed E-state index contributed by atoms with van der Waals surface area (Å²) in [6, 6.07) is 4.60. The summed E-state index contributed by atoms with van der Waals surface area (Å²) in [6.45, 7) is 3.35. The molecule has 4 heteroatoms. The van der Waals surface area contributed by atoms with Crippen LogP contribution < -0.4 is 10.6 Å². The van der Waals surface area contributed by atoms with Gasteiger partial charge >= 0.3 is 0 Å². The van der Waals surface area contributed by atoms with E-state index in [0.29, 0.717) is 19.1 Å². The van der Waals surface area contributed by atoms with Gasteiger partial charge in [0, 0.05) is 24.8 Å². The number of pyridine rings is 1. The Hall–Kier alpha value is -1.13. The summed E-state index contributed by atoms with van der Waals surface area (Å²) >= 11 is 0. The monoisotopic (exact) mass is 235 g/mol. The fraction of sp³-hybridized carbons (Fsp3) is 0.615. The molecule has 0 unspecified atom stereocenters. The van der Waals surface area contributed by atoms with Crippen LogP contribution in [-0.2, 0) is 6.54 Å². The maximum atomic E-state index is 9.17. The molecule has 4 nitrogen and oxygen atoms in total. The Morgan fingerprint density at radius 3 is 2.76 bits per heavy atom. The number of nitrogens with zero attached hydrogens (tertiary/aromatic N) is 2. The van der Waals surface area contributed by atoms with Crippen molar-refractivity contribution >= 4 is 5.82 Å². The summed E-state index contributed by atoms with van der Waals surface area (Å²) in [4.78, 5) is 6.78. The van der Waals surface area contributed by atoms with Crippen LogP contribution >= 0.6 is 0 Å². The SMILES string of the molecule is Cc1cc(CN)cc(N(CCO)C2CCC2)n1. The van der Waals surface area contributed by atoms with Gasteiger partial charge in [0.05, 0.1) is 6.61 Å². The first kappa shape index (κ1) is 12.3. The largest absolute Gasteiger partial charge is 0.395 e. The van der Waals surface area contributed by atoms with E-state index in [9.17, 15) is 0 Å². The van der Waals surface area contributed by atoms with Gasteiger partial charge in [-0.2, -0.15) is 0 Å². The first-order valence-corrected chi connectivity index (χ1v) is 6.29. The van der Waals surface area contributed by atoms with Crippen molar-refractivity contribution in [2.24, 2.45) is 5.73 Å². The van der Waals surface area contributed by atoms with Gasteiger partial charge in [-0.3, -0.25) is 0 Å². The maximum absolute atomic E-state index is 9.17. The fourth-order valence-electron chi connectivity index (χ4n) is 2.28. The van der Waals surface area contributed by atoms with Crippen LogP contribution in [0.15, 0.2) is 12.1 Å². The molecule has 0 saturated heterocycles. The van der Waals surface area contributed by atoms with E-state index in [4.69, 9.17) is 10.8 Å². The summed E-state index contributed by atoms with van der Waals surface area (Å²) in [5, 5.41) is 9.17. The molecule has 0 spiro atoms. The van der Waals surface area contributed by atoms with Gasteiger partial charge in [-0.15, -0.1) is 0 Å². The third kappa shape index (κ3) is 2.76. The smallest absolute Gasteiger partial charge is 0.129 e. The second-order valence-corrected chi connectivity index (χ2v) is 4.68. The highest BCUT2D eigenvalue weighted by molar-refractivity contribution is 5.44. The van der Waals surface area contributed by atoms with Crippen molar-refractivity contribution in [3.05, 3.63) is 23.4 Å². The standard InChI is InChI=1S/C13H21N3O/c1-10-7-11(9-14)8-13(15-10)16(5-6-17)12-3-2-4-12/h7-8,12,17H,2-6,9,14H2,1H3. The van der Waals surface area contributed by atoms with Gasteiger partial charge in [-0.25, -0.2) is 4.98 Å². The highest BCUT2D eigenvalue weighted by atomic mass is 16.3. The molecule has 1 heterocycles. The predicted molar refractivity (Wildman–Crippen MR) is 68.9 cm³/mol. The van der Waals surface area contributed by atoms with E-state index in [2.05, 4.69) is 9.88 Å². The van der Waals surface area contributed by atoms with Crippen LogP contribution in [0, 0.1) is 6.92 Å². The molecule has 1 aromatic heterocycles. The topological polar surface area (TPSA) is 62.4 Å². The number of hydrogen-bond acceptors (Lipinski definition) is 4. The van der Waals surface area contributed by atoms with E-state index in [1.54, 1.807) is 0 Å². The van der Waals surface area contributed by atoms with Gasteiger partial charge < -0.3 is 15.7 Å². The van der Waals surface area contributed by atoms with Gasteiger partial charge in [0.1, 0.15) is 5.82 Å². The molecule has 0 amide bonds. The van der Waals surface area contributed by atoms with Crippen molar-refractivity contribution in [3.63, 3.8) is 0 Å². The third-order valence-electron chi connectivity index (χ3n) is 3.39. The number of anilines is 1. The zero-order valence-corrected chi connectivity index (χ0v) is 10.4. The molecule has 17 heavy (non-hydrogen) atoms. The van der Waals surface area contributed by atoms with Crippen molar-refractivity contribution in [2.75, 3.05) is 18.1 Å². The van der Waals surface area contributed by atoms with Crippen molar-refractivity contribution in [1.82, 2.24) is 4.98 Å². The first-order valence-electron chi connectivity index (χ1n) is 6.29. The molecule has 2 rings (SSSR count). The minimum Gasteiger partial charge on any atom is -0.395 e. The summed E-state index contributed by atoms with van der Waals surface area (Å²) in [5.74, 6) is 0.962. The molecule has 0 radical (unpaired) electrons. The van der Waals surface area contributed by atoms with Gasteiger partial charge in [-0.1, -0.05) is 0 Å². The van der Waals surface area contributed by atoms with E-state index in [1.807, 2.05) is 19.1 Å².